The van der Waals surface area contributed by atoms with E-state index in [0.717, 1.165) is 17.0 Å². The van der Waals surface area contributed by atoms with Gasteiger partial charge in [-0.2, -0.15) is 0 Å². The van der Waals surface area contributed by atoms with Gasteiger partial charge in [-0.05, 0) is 49.9 Å². The largest absolute Gasteiger partial charge is 0.496 e. The fraction of sp³-hybridized carbons (Fsp3) is 0.448. The van der Waals surface area contributed by atoms with Crippen LogP contribution < -0.4 is 20.3 Å². The van der Waals surface area contributed by atoms with E-state index >= 15 is 0 Å². The molecule has 4 amide bonds. The zero-order valence-electron chi connectivity index (χ0n) is 23.1. The van der Waals surface area contributed by atoms with Gasteiger partial charge < -0.3 is 34.8 Å². The third-order valence-corrected chi connectivity index (χ3v) is 7.39. The van der Waals surface area contributed by atoms with Crippen molar-refractivity contribution in [3.05, 3.63) is 60.2 Å². The van der Waals surface area contributed by atoms with Gasteiger partial charge in [-0.1, -0.05) is 36.4 Å². The number of piperidine rings is 1. The minimum Gasteiger partial charge on any atom is -0.496 e. The Morgan fingerprint density at radius 1 is 0.975 bits per heavy atom. The SMILES string of the molecule is CCOC(=O)CNC(=O)N1CCC2(CC1)C(=O)N(CC(=O)NCCc1ccccc1OC)CN2c1ccccc1. The van der Waals surface area contributed by atoms with Crippen molar-refractivity contribution in [2.45, 2.75) is 31.7 Å². The number of amides is 4. The van der Waals surface area contributed by atoms with Crippen LogP contribution in [-0.4, -0.2) is 92.3 Å². The molecule has 2 fully saturated rings. The molecule has 2 aromatic carbocycles. The topological polar surface area (TPSA) is 121 Å². The van der Waals surface area contributed by atoms with Crippen molar-refractivity contribution >= 4 is 29.5 Å². The number of nitrogens with zero attached hydrogens (tertiary/aromatic N) is 3. The summed E-state index contributed by atoms with van der Waals surface area (Å²) >= 11 is 0. The monoisotopic (exact) mass is 551 g/mol. The molecule has 2 aliphatic rings. The highest BCUT2D eigenvalue weighted by molar-refractivity contribution is 5.96. The smallest absolute Gasteiger partial charge is 0.325 e. The Morgan fingerprint density at radius 2 is 1.68 bits per heavy atom. The maximum Gasteiger partial charge on any atom is 0.325 e. The van der Waals surface area contributed by atoms with Gasteiger partial charge in [-0.3, -0.25) is 14.4 Å². The van der Waals surface area contributed by atoms with E-state index in [9.17, 15) is 19.2 Å². The number of esters is 1. The van der Waals surface area contributed by atoms with Gasteiger partial charge in [0.1, 0.15) is 24.4 Å². The van der Waals surface area contributed by atoms with Crippen LogP contribution in [0.2, 0.25) is 0 Å². The van der Waals surface area contributed by atoms with Gasteiger partial charge >= 0.3 is 12.0 Å². The van der Waals surface area contributed by atoms with E-state index in [-0.39, 0.29) is 44.2 Å². The van der Waals surface area contributed by atoms with Crippen LogP contribution in [0, 0.1) is 0 Å². The summed E-state index contributed by atoms with van der Waals surface area (Å²) in [6, 6.07) is 16.9. The third kappa shape index (κ3) is 6.47. The van der Waals surface area contributed by atoms with E-state index in [4.69, 9.17) is 9.47 Å². The molecular weight excluding hydrogens is 514 g/mol. The van der Waals surface area contributed by atoms with E-state index in [1.165, 1.54) is 0 Å². The van der Waals surface area contributed by atoms with Crippen molar-refractivity contribution in [1.82, 2.24) is 20.4 Å². The summed E-state index contributed by atoms with van der Waals surface area (Å²) < 4.78 is 10.2. The molecule has 0 saturated carbocycles. The minimum atomic E-state index is -0.864. The molecule has 0 atom stereocenters. The van der Waals surface area contributed by atoms with Gasteiger partial charge in [0.15, 0.2) is 0 Å². The molecule has 0 bridgehead atoms. The second-order valence-corrected chi connectivity index (χ2v) is 9.80. The number of para-hydroxylation sites is 2. The zero-order valence-corrected chi connectivity index (χ0v) is 23.1. The first-order valence-corrected chi connectivity index (χ1v) is 13.6. The summed E-state index contributed by atoms with van der Waals surface area (Å²) in [5, 5.41) is 5.51. The van der Waals surface area contributed by atoms with Gasteiger partial charge in [0, 0.05) is 25.3 Å². The van der Waals surface area contributed by atoms with Crippen LogP contribution in [0.4, 0.5) is 10.5 Å². The fourth-order valence-electron chi connectivity index (χ4n) is 5.35. The van der Waals surface area contributed by atoms with Gasteiger partial charge in [-0.25, -0.2) is 4.79 Å². The Labute approximate surface area is 234 Å². The standard InChI is InChI=1S/C29H37N5O6/c1-3-40-26(36)19-31-28(38)32-17-14-29(15-18-32)27(37)33(21-34(29)23-10-5-4-6-11-23)20-25(35)30-16-13-22-9-7-8-12-24(22)39-2/h4-12H,3,13-21H2,1-2H3,(H,30,35)(H,31,38). The Bertz CT molecular complexity index is 1200. The van der Waals surface area contributed by atoms with Crippen molar-refractivity contribution in [3.63, 3.8) is 0 Å². The first-order chi connectivity index (χ1) is 19.4. The number of nitrogens with one attached hydrogen (secondary N) is 2. The molecule has 11 nitrogen and oxygen atoms in total. The highest BCUT2D eigenvalue weighted by Gasteiger charge is 2.54. The Kier molecular flexibility index (Phi) is 9.47. The molecule has 214 valence electrons. The molecule has 2 saturated heterocycles. The van der Waals surface area contributed by atoms with E-state index in [2.05, 4.69) is 10.6 Å². The predicted molar refractivity (Wildman–Crippen MR) is 149 cm³/mol. The van der Waals surface area contributed by atoms with Crippen LogP contribution >= 0.6 is 0 Å². The molecule has 11 heteroatoms. The number of carbonyl (C=O) groups is 4. The highest BCUT2D eigenvalue weighted by Crippen LogP contribution is 2.39. The van der Waals surface area contributed by atoms with Crippen LogP contribution in [0.3, 0.4) is 0 Å². The number of likely N-dealkylation sites (tertiary alicyclic amines) is 1. The number of rotatable bonds is 10. The van der Waals surface area contributed by atoms with Crippen LogP contribution in [0.5, 0.6) is 5.75 Å². The van der Waals surface area contributed by atoms with Crippen LogP contribution in [0.1, 0.15) is 25.3 Å². The van der Waals surface area contributed by atoms with E-state index in [1.54, 1.807) is 23.8 Å². The average molecular weight is 552 g/mol. The predicted octanol–water partition coefficient (Wildman–Crippen LogP) is 1.77. The molecule has 4 rings (SSSR count). The van der Waals surface area contributed by atoms with Crippen LogP contribution in [0.25, 0.3) is 0 Å². The van der Waals surface area contributed by atoms with Crippen molar-refractivity contribution in [3.8, 4) is 5.75 Å². The van der Waals surface area contributed by atoms with E-state index < -0.39 is 11.5 Å². The number of carbonyl (C=O) groups excluding carboxylic acids is 4. The average Bonchev–Trinajstić information content (AvgIpc) is 3.23. The fourth-order valence-corrected chi connectivity index (χ4v) is 5.35. The summed E-state index contributed by atoms with van der Waals surface area (Å²) in [6.07, 6.45) is 1.41. The molecule has 2 N–H and O–H groups in total. The molecule has 2 aromatic rings. The molecule has 2 heterocycles. The van der Waals surface area contributed by atoms with Crippen LogP contribution in [0.15, 0.2) is 54.6 Å². The molecule has 0 aliphatic carbocycles. The number of hydrogen-bond donors (Lipinski definition) is 2. The van der Waals surface area contributed by atoms with E-state index in [1.807, 2.05) is 59.5 Å². The first-order valence-electron chi connectivity index (χ1n) is 13.6. The zero-order chi connectivity index (χ0) is 28.5. The first kappa shape index (κ1) is 28.7. The molecule has 0 radical (unpaired) electrons. The van der Waals surface area contributed by atoms with Crippen molar-refractivity contribution < 1.29 is 28.7 Å². The molecule has 2 aliphatic heterocycles. The summed E-state index contributed by atoms with van der Waals surface area (Å²) in [4.78, 5) is 56.2. The minimum absolute atomic E-state index is 0.0560. The Balaban J connectivity index is 1.39. The number of anilines is 1. The number of urea groups is 1. The van der Waals surface area contributed by atoms with Gasteiger partial charge in [-0.15, -0.1) is 0 Å². The lowest BCUT2D eigenvalue weighted by Gasteiger charge is -2.43. The normalized spacial score (nSPS) is 16.1. The lowest BCUT2D eigenvalue weighted by Crippen LogP contribution is -2.58. The van der Waals surface area contributed by atoms with Crippen molar-refractivity contribution in [1.29, 1.82) is 0 Å². The molecule has 0 unspecified atom stereocenters. The second kappa shape index (κ2) is 13.2. The maximum atomic E-state index is 13.9. The molecular formula is C29H37N5O6. The van der Waals surface area contributed by atoms with Crippen LogP contribution in [-0.2, 0) is 25.5 Å². The lowest BCUT2D eigenvalue weighted by molar-refractivity contribution is -0.141. The summed E-state index contributed by atoms with van der Waals surface area (Å²) in [5.74, 6) is -0.0814. The molecule has 1 spiro atoms. The number of methoxy groups -OCH3 is 1. The Hall–Kier alpha value is -4.28. The molecule has 0 aromatic heterocycles. The third-order valence-electron chi connectivity index (χ3n) is 7.39. The van der Waals surface area contributed by atoms with Gasteiger partial charge in [0.2, 0.25) is 5.91 Å². The van der Waals surface area contributed by atoms with Crippen molar-refractivity contribution in [2.75, 3.05) is 58.0 Å². The number of ether oxygens (including phenoxy) is 2. The van der Waals surface area contributed by atoms with Gasteiger partial charge in [0.25, 0.3) is 5.91 Å². The summed E-state index contributed by atoms with van der Waals surface area (Å²) in [7, 11) is 1.62. The van der Waals surface area contributed by atoms with Gasteiger partial charge in [0.05, 0.1) is 20.4 Å². The maximum absolute atomic E-state index is 13.9. The number of hydrogen-bond acceptors (Lipinski definition) is 7. The highest BCUT2D eigenvalue weighted by atomic mass is 16.5. The summed E-state index contributed by atoms with van der Waals surface area (Å²) in [5.41, 5.74) is 1.02. The Morgan fingerprint density at radius 3 is 2.38 bits per heavy atom. The quantitative estimate of drug-likeness (QED) is 0.432. The lowest BCUT2D eigenvalue weighted by atomic mass is 9.85. The second-order valence-electron chi connectivity index (χ2n) is 9.80. The number of benzene rings is 2. The summed E-state index contributed by atoms with van der Waals surface area (Å²) in [6.45, 7) is 3.06. The van der Waals surface area contributed by atoms with E-state index in [0.29, 0.717) is 38.9 Å². The molecule has 40 heavy (non-hydrogen) atoms. The van der Waals surface area contributed by atoms with Crippen molar-refractivity contribution in [2.24, 2.45) is 0 Å².